The van der Waals surface area contributed by atoms with E-state index in [2.05, 4.69) is 11.8 Å². The lowest BCUT2D eigenvalue weighted by Crippen LogP contribution is -2.54. The summed E-state index contributed by atoms with van der Waals surface area (Å²) in [5, 5.41) is 0. The zero-order chi connectivity index (χ0) is 12.5. The van der Waals surface area contributed by atoms with Crippen LogP contribution in [-0.4, -0.2) is 53.5 Å². The van der Waals surface area contributed by atoms with Gasteiger partial charge in [0.1, 0.15) is 0 Å². The van der Waals surface area contributed by atoms with Gasteiger partial charge in [-0.3, -0.25) is 9.69 Å². The van der Waals surface area contributed by atoms with Crippen molar-refractivity contribution in [2.75, 3.05) is 26.2 Å². The van der Waals surface area contributed by atoms with E-state index in [0.29, 0.717) is 6.04 Å². The molecular weight excluding hydrogens is 214 g/mol. The van der Waals surface area contributed by atoms with Crippen molar-refractivity contribution in [2.24, 2.45) is 5.73 Å². The van der Waals surface area contributed by atoms with Crippen LogP contribution in [0.4, 0.5) is 0 Å². The average Bonchev–Trinajstić information content (AvgIpc) is 2.29. The molecule has 2 aliphatic rings. The van der Waals surface area contributed by atoms with Crippen molar-refractivity contribution in [1.82, 2.24) is 9.80 Å². The summed E-state index contributed by atoms with van der Waals surface area (Å²) in [6.45, 7) is 7.68. The summed E-state index contributed by atoms with van der Waals surface area (Å²) < 4.78 is 0. The van der Waals surface area contributed by atoms with Crippen molar-refractivity contribution in [2.45, 2.75) is 51.1 Å². The Hall–Kier alpha value is -0.610. The molecule has 1 heterocycles. The van der Waals surface area contributed by atoms with Gasteiger partial charge in [0.25, 0.3) is 0 Å². The van der Waals surface area contributed by atoms with E-state index < -0.39 is 0 Å². The molecule has 1 amide bonds. The van der Waals surface area contributed by atoms with Gasteiger partial charge in [-0.1, -0.05) is 0 Å². The van der Waals surface area contributed by atoms with Gasteiger partial charge in [0, 0.05) is 44.7 Å². The summed E-state index contributed by atoms with van der Waals surface area (Å²) in [6.07, 6.45) is 4.69. The Labute approximate surface area is 104 Å². The van der Waals surface area contributed by atoms with E-state index in [9.17, 15) is 4.79 Å². The molecule has 2 N–H and O–H groups in total. The van der Waals surface area contributed by atoms with Crippen molar-refractivity contribution in [3.05, 3.63) is 0 Å². The lowest BCUT2D eigenvalue weighted by molar-refractivity contribution is -0.131. The number of rotatable bonds is 1. The third-order valence-corrected chi connectivity index (χ3v) is 4.37. The van der Waals surface area contributed by atoms with E-state index in [-0.39, 0.29) is 11.4 Å². The number of amides is 1. The predicted octanol–water partition coefficient (Wildman–Crippen LogP) is 0.811. The molecule has 4 nitrogen and oxygen atoms in total. The monoisotopic (exact) mass is 239 g/mol. The Balaban J connectivity index is 1.80. The maximum atomic E-state index is 11.3. The molecule has 0 unspecified atom stereocenters. The van der Waals surface area contributed by atoms with E-state index in [4.69, 9.17) is 5.73 Å². The standard InChI is InChI=1S/C13H25N3O/c1-11(17)15-7-9-16(10-8-15)12-3-5-13(2,14)6-4-12/h12H,3-10,14H2,1-2H3. The molecule has 1 saturated heterocycles. The van der Waals surface area contributed by atoms with Crippen LogP contribution in [0.15, 0.2) is 0 Å². The fraction of sp³-hybridized carbons (Fsp3) is 0.923. The molecule has 0 aromatic heterocycles. The molecule has 1 saturated carbocycles. The summed E-state index contributed by atoms with van der Waals surface area (Å²) in [5.41, 5.74) is 6.21. The van der Waals surface area contributed by atoms with Crippen LogP contribution in [0.25, 0.3) is 0 Å². The Bertz CT molecular complexity index is 272. The topological polar surface area (TPSA) is 49.6 Å². The van der Waals surface area contributed by atoms with Gasteiger partial charge in [0.05, 0.1) is 0 Å². The average molecular weight is 239 g/mol. The first-order valence-corrected chi connectivity index (χ1v) is 6.76. The normalized spacial score (nSPS) is 35.9. The Morgan fingerprint density at radius 3 is 2.18 bits per heavy atom. The van der Waals surface area contributed by atoms with Crippen molar-refractivity contribution >= 4 is 5.91 Å². The van der Waals surface area contributed by atoms with Crippen LogP contribution in [0, 0.1) is 0 Å². The number of carbonyl (C=O) groups is 1. The number of hydrogen-bond donors (Lipinski definition) is 1. The first-order valence-electron chi connectivity index (χ1n) is 6.76. The van der Waals surface area contributed by atoms with Gasteiger partial charge in [0.15, 0.2) is 0 Å². The van der Waals surface area contributed by atoms with Crippen molar-refractivity contribution in [3.8, 4) is 0 Å². The van der Waals surface area contributed by atoms with E-state index in [1.54, 1.807) is 6.92 Å². The van der Waals surface area contributed by atoms with Crippen LogP contribution in [-0.2, 0) is 4.79 Å². The fourth-order valence-electron chi connectivity index (χ4n) is 3.03. The predicted molar refractivity (Wildman–Crippen MR) is 68.7 cm³/mol. The summed E-state index contributed by atoms with van der Waals surface area (Å²) in [5.74, 6) is 0.211. The molecular formula is C13H25N3O. The molecule has 1 aliphatic heterocycles. The summed E-state index contributed by atoms with van der Waals surface area (Å²) in [6, 6.07) is 0.695. The smallest absolute Gasteiger partial charge is 0.219 e. The highest BCUT2D eigenvalue weighted by Gasteiger charge is 2.32. The zero-order valence-electron chi connectivity index (χ0n) is 11.1. The molecule has 0 radical (unpaired) electrons. The van der Waals surface area contributed by atoms with Gasteiger partial charge in [-0.25, -0.2) is 0 Å². The fourth-order valence-corrected chi connectivity index (χ4v) is 3.03. The maximum Gasteiger partial charge on any atom is 0.219 e. The second-order valence-electron chi connectivity index (χ2n) is 5.93. The van der Waals surface area contributed by atoms with Gasteiger partial charge >= 0.3 is 0 Å². The van der Waals surface area contributed by atoms with Crippen LogP contribution in [0.3, 0.4) is 0 Å². The third kappa shape index (κ3) is 3.19. The number of nitrogens with two attached hydrogens (primary N) is 1. The molecule has 2 rings (SSSR count). The van der Waals surface area contributed by atoms with Crippen LogP contribution in [0.1, 0.15) is 39.5 Å². The van der Waals surface area contributed by atoms with Crippen molar-refractivity contribution in [3.63, 3.8) is 0 Å². The largest absolute Gasteiger partial charge is 0.340 e. The van der Waals surface area contributed by atoms with Gasteiger partial charge in [0.2, 0.25) is 5.91 Å². The first-order chi connectivity index (χ1) is 7.98. The highest BCUT2D eigenvalue weighted by molar-refractivity contribution is 5.73. The summed E-state index contributed by atoms with van der Waals surface area (Å²) >= 11 is 0. The Morgan fingerprint density at radius 2 is 1.71 bits per heavy atom. The quantitative estimate of drug-likeness (QED) is 0.737. The summed E-state index contributed by atoms with van der Waals surface area (Å²) in [7, 11) is 0. The molecule has 0 atom stereocenters. The van der Waals surface area contributed by atoms with Gasteiger partial charge in [-0.15, -0.1) is 0 Å². The molecule has 0 bridgehead atoms. The lowest BCUT2D eigenvalue weighted by atomic mass is 9.81. The van der Waals surface area contributed by atoms with E-state index in [1.807, 2.05) is 4.90 Å². The van der Waals surface area contributed by atoms with E-state index in [1.165, 1.54) is 12.8 Å². The number of nitrogens with zero attached hydrogens (tertiary/aromatic N) is 2. The second-order valence-corrected chi connectivity index (χ2v) is 5.93. The van der Waals surface area contributed by atoms with Gasteiger partial charge in [-0.05, 0) is 32.6 Å². The SMILES string of the molecule is CC(=O)N1CCN(C2CCC(C)(N)CC2)CC1. The van der Waals surface area contributed by atoms with E-state index in [0.717, 1.165) is 39.0 Å². The molecule has 0 aromatic rings. The first kappa shape index (κ1) is 12.8. The third-order valence-electron chi connectivity index (χ3n) is 4.37. The summed E-state index contributed by atoms with van der Waals surface area (Å²) in [4.78, 5) is 15.8. The molecule has 0 spiro atoms. The minimum absolute atomic E-state index is 0.0533. The zero-order valence-corrected chi connectivity index (χ0v) is 11.1. The Morgan fingerprint density at radius 1 is 1.18 bits per heavy atom. The molecule has 2 fully saturated rings. The van der Waals surface area contributed by atoms with Crippen LogP contribution >= 0.6 is 0 Å². The lowest BCUT2D eigenvalue weighted by Gasteiger charge is -2.43. The Kier molecular flexibility index (Phi) is 3.73. The number of piperazine rings is 1. The van der Waals surface area contributed by atoms with Crippen molar-refractivity contribution in [1.29, 1.82) is 0 Å². The molecule has 4 heteroatoms. The molecule has 98 valence electrons. The van der Waals surface area contributed by atoms with Gasteiger partial charge in [-0.2, -0.15) is 0 Å². The highest BCUT2D eigenvalue weighted by atomic mass is 16.2. The van der Waals surface area contributed by atoms with Gasteiger partial charge < -0.3 is 10.6 Å². The highest BCUT2D eigenvalue weighted by Crippen LogP contribution is 2.29. The number of hydrogen-bond acceptors (Lipinski definition) is 3. The minimum Gasteiger partial charge on any atom is -0.340 e. The maximum absolute atomic E-state index is 11.3. The number of carbonyl (C=O) groups excluding carboxylic acids is 1. The van der Waals surface area contributed by atoms with Crippen LogP contribution < -0.4 is 5.73 Å². The second kappa shape index (κ2) is 4.94. The molecule has 17 heavy (non-hydrogen) atoms. The minimum atomic E-state index is 0.0533. The van der Waals surface area contributed by atoms with E-state index >= 15 is 0 Å². The van der Waals surface area contributed by atoms with Crippen LogP contribution in [0.5, 0.6) is 0 Å². The molecule has 0 aromatic carbocycles. The van der Waals surface area contributed by atoms with Crippen LogP contribution in [0.2, 0.25) is 0 Å². The molecule has 1 aliphatic carbocycles. The van der Waals surface area contributed by atoms with Crippen molar-refractivity contribution < 1.29 is 4.79 Å².